The normalized spacial score (nSPS) is 16.6. The van der Waals surface area contributed by atoms with Crippen molar-refractivity contribution in [2.75, 3.05) is 25.9 Å². The number of hydrogen-bond donors (Lipinski definition) is 2. The molecule has 0 aromatic heterocycles. The Morgan fingerprint density at radius 3 is 1.96 bits per heavy atom. The first-order valence-electron chi connectivity index (χ1n) is 9.04. The molecule has 2 rings (SSSR count). The van der Waals surface area contributed by atoms with E-state index < -0.39 is 22.7 Å². The highest BCUT2D eigenvalue weighted by Gasteiger charge is 2.20. The Labute approximate surface area is 167 Å². The van der Waals surface area contributed by atoms with Crippen molar-refractivity contribution in [2.45, 2.75) is 31.1 Å². The highest BCUT2D eigenvalue weighted by Crippen LogP contribution is 2.16. The number of carboxylic acids is 2. The van der Waals surface area contributed by atoms with E-state index in [0.29, 0.717) is 12.2 Å². The molecule has 1 aromatic rings. The van der Waals surface area contributed by atoms with E-state index in [1.54, 1.807) is 30.5 Å². The Hall–Kier alpha value is -2.32. The summed E-state index contributed by atoms with van der Waals surface area (Å²) in [5, 5.41) is 15.6. The molecule has 1 aliphatic heterocycles. The highest BCUT2D eigenvalue weighted by atomic mass is 32.2. The molecule has 0 amide bonds. The molecule has 1 saturated heterocycles. The summed E-state index contributed by atoms with van der Waals surface area (Å²) in [6.45, 7) is 5.08. The van der Waals surface area contributed by atoms with Crippen LogP contribution >= 0.6 is 0 Å². The van der Waals surface area contributed by atoms with Crippen LogP contribution in [0.3, 0.4) is 0 Å². The van der Waals surface area contributed by atoms with E-state index in [1.807, 2.05) is 6.92 Å². The molecule has 1 heterocycles. The van der Waals surface area contributed by atoms with Gasteiger partial charge in [0.1, 0.15) is 0 Å². The second-order valence-corrected chi connectivity index (χ2v) is 7.99. The van der Waals surface area contributed by atoms with Gasteiger partial charge in [0.05, 0.1) is 0 Å². The number of carbonyl (C=O) groups excluding carboxylic acids is 1. The SMILES string of the molecule is CC(CN1CCCCC1)C(=O)c1ccc(S(C)=O)cc1.O=C(O)/C=C/C(=O)O. The Morgan fingerprint density at radius 2 is 1.54 bits per heavy atom. The minimum Gasteiger partial charge on any atom is -0.478 e. The van der Waals surface area contributed by atoms with Crippen LogP contribution in [0.15, 0.2) is 41.3 Å². The van der Waals surface area contributed by atoms with Crippen molar-refractivity contribution >= 4 is 28.5 Å². The Balaban J connectivity index is 0.000000416. The summed E-state index contributed by atoms with van der Waals surface area (Å²) in [5.41, 5.74) is 0.726. The molecule has 2 unspecified atom stereocenters. The second kappa shape index (κ2) is 12.2. The maximum atomic E-state index is 12.4. The summed E-state index contributed by atoms with van der Waals surface area (Å²) in [6, 6.07) is 7.17. The van der Waals surface area contributed by atoms with Gasteiger partial charge in [-0.3, -0.25) is 9.00 Å². The van der Waals surface area contributed by atoms with E-state index in [9.17, 15) is 18.6 Å². The molecule has 1 fully saturated rings. The topological polar surface area (TPSA) is 112 Å². The molecule has 2 atom stereocenters. The first kappa shape index (κ1) is 23.7. The van der Waals surface area contributed by atoms with Crippen LogP contribution in [0.5, 0.6) is 0 Å². The van der Waals surface area contributed by atoms with Gasteiger partial charge in [-0.05, 0) is 38.1 Å². The molecule has 7 nitrogen and oxygen atoms in total. The van der Waals surface area contributed by atoms with Crippen LogP contribution in [-0.2, 0) is 20.4 Å². The summed E-state index contributed by atoms with van der Waals surface area (Å²) in [7, 11) is -0.986. The molecular weight excluding hydrogens is 382 g/mol. The number of ketones is 1. The second-order valence-electron chi connectivity index (χ2n) is 6.61. The number of piperidine rings is 1. The summed E-state index contributed by atoms with van der Waals surface area (Å²) < 4.78 is 11.3. The van der Waals surface area contributed by atoms with Gasteiger partial charge in [-0.25, -0.2) is 9.59 Å². The number of benzene rings is 1. The quantitative estimate of drug-likeness (QED) is 0.525. The van der Waals surface area contributed by atoms with Crippen LogP contribution in [-0.4, -0.2) is 62.9 Å². The van der Waals surface area contributed by atoms with Crippen LogP contribution in [0.25, 0.3) is 0 Å². The van der Waals surface area contributed by atoms with Crippen molar-refractivity contribution < 1.29 is 28.8 Å². The zero-order chi connectivity index (χ0) is 21.1. The number of carboxylic acid groups (broad SMARTS) is 2. The molecule has 8 heteroatoms. The number of likely N-dealkylation sites (tertiary alicyclic amines) is 1. The fraction of sp³-hybridized carbons (Fsp3) is 0.450. The van der Waals surface area contributed by atoms with E-state index >= 15 is 0 Å². The molecule has 28 heavy (non-hydrogen) atoms. The monoisotopic (exact) mass is 409 g/mol. The van der Waals surface area contributed by atoms with Crippen LogP contribution in [0.2, 0.25) is 0 Å². The van der Waals surface area contributed by atoms with Gasteiger partial charge >= 0.3 is 11.9 Å². The van der Waals surface area contributed by atoms with Gasteiger partial charge in [0.25, 0.3) is 0 Å². The van der Waals surface area contributed by atoms with Crippen molar-refractivity contribution in [2.24, 2.45) is 5.92 Å². The number of hydrogen-bond acceptors (Lipinski definition) is 5. The van der Waals surface area contributed by atoms with Crippen molar-refractivity contribution in [1.29, 1.82) is 0 Å². The standard InChI is InChI=1S/C16H23NO2S.C4H4O4/c1-13(12-17-10-4-3-5-11-17)16(18)14-6-8-15(9-7-14)20(2)19;5-3(6)1-2-4(7)8/h6-9,13H,3-5,10-12H2,1-2H3;1-2H,(H,5,6)(H,7,8)/b;2-1+. The third-order valence-corrected chi connectivity index (χ3v) is 5.20. The smallest absolute Gasteiger partial charge is 0.328 e. The Bertz CT molecular complexity index is 707. The van der Waals surface area contributed by atoms with Crippen molar-refractivity contribution in [3.63, 3.8) is 0 Å². The molecule has 1 aromatic carbocycles. The Kier molecular flexibility index (Phi) is 10.3. The van der Waals surface area contributed by atoms with E-state index in [1.165, 1.54) is 19.3 Å². The van der Waals surface area contributed by atoms with E-state index in [-0.39, 0.29) is 11.7 Å². The van der Waals surface area contributed by atoms with Gasteiger partial charge in [-0.1, -0.05) is 25.5 Å². The average Bonchev–Trinajstić information content (AvgIpc) is 2.67. The first-order chi connectivity index (χ1) is 13.2. The van der Waals surface area contributed by atoms with E-state index in [2.05, 4.69) is 4.90 Å². The Morgan fingerprint density at radius 1 is 1.04 bits per heavy atom. The molecule has 0 bridgehead atoms. The number of nitrogens with zero attached hydrogens (tertiary/aromatic N) is 1. The van der Waals surface area contributed by atoms with Gasteiger partial charge in [0.15, 0.2) is 5.78 Å². The molecule has 0 saturated carbocycles. The summed E-state index contributed by atoms with van der Waals surface area (Å²) >= 11 is 0. The van der Waals surface area contributed by atoms with Crippen LogP contribution < -0.4 is 0 Å². The lowest BCUT2D eigenvalue weighted by Gasteiger charge is -2.28. The lowest BCUT2D eigenvalue weighted by Crippen LogP contribution is -2.35. The summed E-state index contributed by atoms with van der Waals surface area (Å²) in [6.07, 6.45) is 6.57. The highest BCUT2D eigenvalue weighted by molar-refractivity contribution is 7.84. The van der Waals surface area contributed by atoms with Crippen LogP contribution in [0.1, 0.15) is 36.5 Å². The number of rotatable bonds is 7. The first-order valence-corrected chi connectivity index (χ1v) is 10.6. The number of aliphatic carboxylic acids is 2. The maximum Gasteiger partial charge on any atom is 0.328 e. The van der Waals surface area contributed by atoms with Crippen LogP contribution in [0.4, 0.5) is 0 Å². The van der Waals surface area contributed by atoms with Gasteiger partial charge in [-0.2, -0.15) is 0 Å². The molecule has 0 radical (unpaired) electrons. The van der Waals surface area contributed by atoms with Gasteiger partial charge in [-0.15, -0.1) is 0 Å². The molecule has 154 valence electrons. The molecular formula is C20H27NO6S. The average molecular weight is 410 g/mol. The fourth-order valence-corrected chi connectivity index (χ4v) is 3.37. The fourth-order valence-electron chi connectivity index (χ4n) is 2.85. The minimum absolute atomic E-state index is 0.0195. The molecule has 0 spiro atoms. The van der Waals surface area contributed by atoms with Crippen LogP contribution in [0, 0.1) is 5.92 Å². The van der Waals surface area contributed by atoms with Gasteiger partial charge < -0.3 is 15.1 Å². The van der Waals surface area contributed by atoms with Gasteiger partial charge in [0, 0.05) is 52.1 Å². The molecule has 1 aliphatic rings. The van der Waals surface area contributed by atoms with Crippen molar-refractivity contribution in [1.82, 2.24) is 4.90 Å². The molecule has 2 N–H and O–H groups in total. The summed E-state index contributed by atoms with van der Waals surface area (Å²) in [4.78, 5) is 34.7. The number of carbonyl (C=O) groups is 3. The number of Topliss-reactive ketones (excluding diaryl/α,β-unsaturated/α-hetero) is 1. The van der Waals surface area contributed by atoms with Crippen molar-refractivity contribution in [3.8, 4) is 0 Å². The van der Waals surface area contributed by atoms with E-state index in [4.69, 9.17) is 10.2 Å². The zero-order valence-corrected chi connectivity index (χ0v) is 17.0. The third-order valence-electron chi connectivity index (χ3n) is 4.27. The summed E-state index contributed by atoms with van der Waals surface area (Å²) in [5.74, 6) is -2.31. The lowest BCUT2D eigenvalue weighted by molar-refractivity contribution is -0.134. The largest absolute Gasteiger partial charge is 0.478 e. The van der Waals surface area contributed by atoms with Crippen molar-refractivity contribution in [3.05, 3.63) is 42.0 Å². The lowest BCUT2D eigenvalue weighted by atomic mass is 9.98. The molecule has 0 aliphatic carbocycles. The predicted octanol–water partition coefficient (Wildman–Crippen LogP) is 2.44. The predicted molar refractivity (Wildman–Crippen MR) is 107 cm³/mol. The zero-order valence-electron chi connectivity index (χ0n) is 16.2. The van der Waals surface area contributed by atoms with E-state index in [0.717, 1.165) is 30.1 Å². The maximum absolute atomic E-state index is 12.4. The third kappa shape index (κ3) is 9.05. The minimum atomic E-state index is -1.26. The van der Waals surface area contributed by atoms with Gasteiger partial charge in [0.2, 0.25) is 0 Å².